The molecule has 0 aliphatic heterocycles. The molecule has 0 saturated heterocycles. The molecule has 6 nitrogen and oxygen atoms in total. The number of aromatic hydroxyl groups is 1. The van der Waals surface area contributed by atoms with Gasteiger partial charge in [0.25, 0.3) is 5.91 Å². The number of hydrogen-bond acceptors (Lipinski definition) is 4. The van der Waals surface area contributed by atoms with Gasteiger partial charge in [0.05, 0.1) is 17.7 Å². The zero-order chi connectivity index (χ0) is 13.7. The number of amides is 1. The summed E-state index contributed by atoms with van der Waals surface area (Å²) in [5, 5.41) is 20.9. The minimum atomic E-state index is -0.954. The van der Waals surface area contributed by atoms with Crippen LogP contribution in [0.25, 0.3) is 0 Å². The number of nitrogens with one attached hydrogen (secondary N) is 1. The first-order valence-corrected chi connectivity index (χ1v) is 5.57. The lowest BCUT2D eigenvalue weighted by Crippen LogP contribution is -2.35. The van der Waals surface area contributed by atoms with Gasteiger partial charge in [-0.2, -0.15) is 0 Å². The SMILES string of the molecule is CC(C)C(CNC(=O)c1ccncc1O)C(=O)O. The number of carbonyl (C=O) groups excluding carboxylic acids is 1. The third kappa shape index (κ3) is 3.44. The third-order valence-electron chi connectivity index (χ3n) is 2.65. The molecule has 1 heterocycles. The summed E-state index contributed by atoms with van der Waals surface area (Å²) in [4.78, 5) is 26.3. The maximum Gasteiger partial charge on any atom is 0.308 e. The average molecular weight is 252 g/mol. The zero-order valence-electron chi connectivity index (χ0n) is 10.3. The number of rotatable bonds is 5. The van der Waals surface area contributed by atoms with E-state index < -0.39 is 17.8 Å². The van der Waals surface area contributed by atoms with Crippen LogP contribution >= 0.6 is 0 Å². The first-order valence-electron chi connectivity index (χ1n) is 5.57. The third-order valence-corrected chi connectivity index (χ3v) is 2.65. The Labute approximate surface area is 105 Å². The van der Waals surface area contributed by atoms with Gasteiger partial charge in [-0.1, -0.05) is 13.8 Å². The molecule has 1 atom stereocenters. The quantitative estimate of drug-likeness (QED) is 0.722. The van der Waals surface area contributed by atoms with E-state index in [-0.39, 0.29) is 23.8 Å². The van der Waals surface area contributed by atoms with Crippen molar-refractivity contribution in [2.24, 2.45) is 11.8 Å². The van der Waals surface area contributed by atoms with Crippen LogP contribution in [0, 0.1) is 11.8 Å². The number of carbonyl (C=O) groups is 2. The van der Waals surface area contributed by atoms with Crippen LogP contribution in [0.2, 0.25) is 0 Å². The molecule has 98 valence electrons. The number of nitrogens with zero attached hydrogens (tertiary/aromatic N) is 1. The number of carboxylic acid groups (broad SMARTS) is 1. The van der Waals surface area contributed by atoms with Gasteiger partial charge >= 0.3 is 5.97 Å². The van der Waals surface area contributed by atoms with Crippen LogP contribution < -0.4 is 5.32 Å². The van der Waals surface area contributed by atoms with Gasteiger partial charge in [-0.05, 0) is 12.0 Å². The first kappa shape index (κ1) is 14.0. The van der Waals surface area contributed by atoms with Crippen molar-refractivity contribution in [3.8, 4) is 5.75 Å². The normalized spacial score (nSPS) is 12.2. The Balaban J connectivity index is 2.66. The predicted molar refractivity (Wildman–Crippen MR) is 64.2 cm³/mol. The van der Waals surface area contributed by atoms with E-state index in [9.17, 15) is 14.7 Å². The maximum absolute atomic E-state index is 11.7. The molecule has 0 aromatic carbocycles. The van der Waals surface area contributed by atoms with E-state index in [4.69, 9.17) is 5.11 Å². The molecular formula is C12H16N2O4. The summed E-state index contributed by atoms with van der Waals surface area (Å²) < 4.78 is 0. The highest BCUT2D eigenvalue weighted by Crippen LogP contribution is 2.14. The highest BCUT2D eigenvalue weighted by Gasteiger charge is 2.22. The summed E-state index contributed by atoms with van der Waals surface area (Å²) in [6.45, 7) is 3.57. The van der Waals surface area contributed by atoms with E-state index in [2.05, 4.69) is 10.3 Å². The van der Waals surface area contributed by atoms with E-state index in [0.29, 0.717) is 0 Å². The molecule has 1 rings (SSSR count). The Morgan fingerprint density at radius 1 is 1.44 bits per heavy atom. The van der Waals surface area contributed by atoms with Gasteiger partial charge in [0.15, 0.2) is 0 Å². The Hall–Kier alpha value is -2.11. The van der Waals surface area contributed by atoms with E-state index in [0.717, 1.165) is 6.20 Å². The van der Waals surface area contributed by atoms with Crippen molar-refractivity contribution in [1.82, 2.24) is 10.3 Å². The molecule has 1 aromatic rings. The fourth-order valence-electron chi connectivity index (χ4n) is 1.48. The Bertz CT molecular complexity index is 445. The molecule has 0 aliphatic rings. The Kier molecular flexibility index (Phi) is 4.65. The maximum atomic E-state index is 11.7. The molecule has 0 fully saturated rings. The van der Waals surface area contributed by atoms with Crippen molar-refractivity contribution in [2.75, 3.05) is 6.54 Å². The van der Waals surface area contributed by atoms with Crippen LogP contribution in [0.1, 0.15) is 24.2 Å². The summed E-state index contributed by atoms with van der Waals surface area (Å²) in [6.07, 6.45) is 2.54. The number of hydrogen-bond donors (Lipinski definition) is 3. The van der Waals surface area contributed by atoms with Crippen molar-refractivity contribution < 1.29 is 19.8 Å². The fourth-order valence-corrected chi connectivity index (χ4v) is 1.48. The van der Waals surface area contributed by atoms with Crippen LogP contribution in [0.5, 0.6) is 5.75 Å². The average Bonchev–Trinajstić information content (AvgIpc) is 2.28. The molecule has 6 heteroatoms. The van der Waals surface area contributed by atoms with Crippen LogP contribution in [-0.2, 0) is 4.79 Å². The largest absolute Gasteiger partial charge is 0.505 e. The topological polar surface area (TPSA) is 99.5 Å². The highest BCUT2D eigenvalue weighted by molar-refractivity contribution is 5.96. The summed E-state index contributed by atoms with van der Waals surface area (Å²) >= 11 is 0. The second kappa shape index (κ2) is 6.00. The van der Waals surface area contributed by atoms with E-state index in [1.165, 1.54) is 12.3 Å². The minimum absolute atomic E-state index is 0.0214. The van der Waals surface area contributed by atoms with Crippen molar-refractivity contribution in [3.63, 3.8) is 0 Å². The Morgan fingerprint density at radius 2 is 2.11 bits per heavy atom. The first-order chi connectivity index (χ1) is 8.43. The lowest BCUT2D eigenvalue weighted by molar-refractivity contribution is -0.142. The lowest BCUT2D eigenvalue weighted by Gasteiger charge is -2.16. The van der Waals surface area contributed by atoms with E-state index in [1.807, 2.05) is 0 Å². The van der Waals surface area contributed by atoms with Crippen molar-refractivity contribution in [2.45, 2.75) is 13.8 Å². The summed E-state index contributed by atoms with van der Waals surface area (Å²) in [6, 6.07) is 1.37. The zero-order valence-corrected chi connectivity index (χ0v) is 10.3. The smallest absolute Gasteiger partial charge is 0.308 e. The molecule has 18 heavy (non-hydrogen) atoms. The van der Waals surface area contributed by atoms with Gasteiger partial charge in [0.1, 0.15) is 5.75 Å². The molecular weight excluding hydrogens is 236 g/mol. The number of carboxylic acids is 1. The molecule has 0 radical (unpaired) electrons. The van der Waals surface area contributed by atoms with Crippen LogP contribution in [0.3, 0.4) is 0 Å². The predicted octanol–water partition coefficient (Wildman–Crippen LogP) is 0.874. The van der Waals surface area contributed by atoms with E-state index in [1.54, 1.807) is 13.8 Å². The van der Waals surface area contributed by atoms with E-state index >= 15 is 0 Å². The van der Waals surface area contributed by atoms with Crippen molar-refractivity contribution in [3.05, 3.63) is 24.0 Å². The van der Waals surface area contributed by atoms with Gasteiger partial charge in [-0.3, -0.25) is 14.6 Å². The summed E-state index contributed by atoms with van der Waals surface area (Å²) in [5.74, 6) is -2.44. The van der Waals surface area contributed by atoms with Gasteiger partial charge in [0, 0.05) is 12.7 Å². The monoisotopic (exact) mass is 252 g/mol. The van der Waals surface area contributed by atoms with Crippen LogP contribution in [-0.4, -0.2) is 33.6 Å². The molecule has 1 aromatic heterocycles. The lowest BCUT2D eigenvalue weighted by atomic mass is 9.96. The van der Waals surface area contributed by atoms with Crippen LogP contribution in [0.15, 0.2) is 18.5 Å². The fraction of sp³-hybridized carbons (Fsp3) is 0.417. The molecule has 1 amide bonds. The Morgan fingerprint density at radius 3 is 2.61 bits per heavy atom. The minimum Gasteiger partial charge on any atom is -0.505 e. The molecule has 3 N–H and O–H groups in total. The molecule has 0 aliphatic carbocycles. The second-order valence-electron chi connectivity index (χ2n) is 4.29. The molecule has 1 unspecified atom stereocenters. The standard InChI is InChI=1S/C12H16N2O4/c1-7(2)9(12(17)18)5-14-11(16)8-3-4-13-6-10(8)15/h3-4,6-7,9,15H,5H2,1-2H3,(H,14,16)(H,17,18). The number of aliphatic carboxylic acids is 1. The molecule has 0 spiro atoms. The van der Waals surface area contributed by atoms with Gasteiger partial charge < -0.3 is 15.5 Å². The molecule has 0 bridgehead atoms. The van der Waals surface area contributed by atoms with Crippen molar-refractivity contribution in [1.29, 1.82) is 0 Å². The summed E-state index contributed by atoms with van der Waals surface area (Å²) in [5.41, 5.74) is 0.0814. The van der Waals surface area contributed by atoms with Gasteiger partial charge in [-0.25, -0.2) is 0 Å². The van der Waals surface area contributed by atoms with Gasteiger partial charge in [-0.15, -0.1) is 0 Å². The highest BCUT2D eigenvalue weighted by atomic mass is 16.4. The van der Waals surface area contributed by atoms with Gasteiger partial charge in [0.2, 0.25) is 0 Å². The molecule has 0 saturated carbocycles. The van der Waals surface area contributed by atoms with Crippen molar-refractivity contribution >= 4 is 11.9 Å². The number of pyridine rings is 1. The second-order valence-corrected chi connectivity index (χ2v) is 4.29. The summed E-state index contributed by atoms with van der Waals surface area (Å²) in [7, 11) is 0. The van der Waals surface area contributed by atoms with Crippen LogP contribution in [0.4, 0.5) is 0 Å². The number of aromatic nitrogens is 1.